The number of hydrogen-bond acceptors (Lipinski definition) is 9. The Morgan fingerprint density at radius 2 is 1.34 bits per heavy atom. The van der Waals surface area contributed by atoms with E-state index in [0.29, 0.717) is 50.0 Å². The molecule has 15 rings (SSSR count). The highest BCUT2D eigenvalue weighted by molar-refractivity contribution is 5.96. The topological polar surface area (TPSA) is 139 Å². The molecule has 61 heavy (non-hydrogen) atoms. The molecule has 0 amide bonds. The van der Waals surface area contributed by atoms with Crippen molar-refractivity contribution in [3.8, 4) is 23.0 Å². The first-order valence-electron chi connectivity index (χ1n) is 22.6. The van der Waals surface area contributed by atoms with Crippen LogP contribution >= 0.6 is 0 Å². The maximum Gasteiger partial charge on any atom is 0.181 e. The number of fused-ring (bicyclic) bond motifs is 5. The predicted molar refractivity (Wildman–Crippen MR) is 226 cm³/mol. The molecule has 2 saturated carbocycles. The lowest BCUT2D eigenvalue weighted by atomic mass is 9.44. The van der Waals surface area contributed by atoms with Gasteiger partial charge in [0.1, 0.15) is 0 Å². The molecule has 4 aliphatic heterocycles. The molecular weight excluding hydrogens is 767 g/mol. The Morgan fingerprint density at radius 1 is 0.721 bits per heavy atom. The number of nitrogens with zero attached hydrogens (tertiary/aromatic N) is 2. The zero-order valence-corrected chi connectivity index (χ0v) is 34.4. The number of aromatic amines is 1. The van der Waals surface area contributed by atoms with Crippen molar-refractivity contribution in [3.05, 3.63) is 117 Å². The van der Waals surface area contributed by atoms with Crippen LogP contribution in [0.4, 0.5) is 0 Å². The number of ketones is 1. The fourth-order valence-electron chi connectivity index (χ4n) is 15.4. The molecule has 5 N–H and O–H groups in total. The number of piperidine rings is 2. The van der Waals surface area contributed by atoms with Gasteiger partial charge in [0.05, 0.1) is 27.7 Å². The molecule has 6 aliphatic carbocycles. The number of para-hydroxylation sites is 1. The molecule has 3 spiro atoms. The molecule has 4 fully saturated rings. The molecule has 4 bridgehead atoms. The maximum atomic E-state index is 14.1. The summed E-state index contributed by atoms with van der Waals surface area (Å²) in [6.07, 6.45) is 7.08. The highest BCUT2D eigenvalue weighted by Crippen LogP contribution is 2.70. The van der Waals surface area contributed by atoms with Crippen LogP contribution in [0.2, 0.25) is 0 Å². The summed E-state index contributed by atoms with van der Waals surface area (Å²) in [5, 5.41) is 47.8. The molecule has 5 aromatic rings. The van der Waals surface area contributed by atoms with Crippen LogP contribution in [0.25, 0.3) is 10.9 Å². The number of aromatic nitrogens is 1. The Hall–Kier alpha value is -4.87. The van der Waals surface area contributed by atoms with Gasteiger partial charge >= 0.3 is 0 Å². The van der Waals surface area contributed by atoms with Crippen molar-refractivity contribution >= 4 is 16.7 Å². The van der Waals surface area contributed by atoms with Gasteiger partial charge in [-0.3, -0.25) is 9.69 Å². The summed E-state index contributed by atoms with van der Waals surface area (Å²) in [4.78, 5) is 22.6. The minimum atomic E-state index is -1.06. The summed E-state index contributed by atoms with van der Waals surface area (Å²) >= 11 is 0. The van der Waals surface area contributed by atoms with Gasteiger partial charge in [-0.1, -0.05) is 54.6 Å². The van der Waals surface area contributed by atoms with Gasteiger partial charge in [-0.15, -0.1) is 0 Å². The number of carbonyl (C=O) groups is 1. The summed E-state index contributed by atoms with van der Waals surface area (Å²) < 4.78 is 12.9. The summed E-state index contributed by atoms with van der Waals surface area (Å²) in [6, 6.07) is 24.1. The number of carbonyl (C=O) groups excluding carboxylic acids is 1. The Bertz CT molecular complexity index is 2770. The lowest BCUT2D eigenvalue weighted by Crippen LogP contribution is -2.79. The van der Waals surface area contributed by atoms with Crippen molar-refractivity contribution in [2.75, 3.05) is 26.7 Å². The van der Waals surface area contributed by atoms with Gasteiger partial charge in [0.15, 0.2) is 41.0 Å². The molecule has 2 saturated heterocycles. The van der Waals surface area contributed by atoms with Gasteiger partial charge in [0, 0.05) is 52.5 Å². The van der Waals surface area contributed by atoms with E-state index in [0.717, 1.165) is 66.3 Å². The van der Waals surface area contributed by atoms with Crippen LogP contribution in [-0.4, -0.2) is 97.1 Å². The molecule has 5 heterocycles. The monoisotopic (exact) mass is 817 g/mol. The second kappa shape index (κ2) is 11.4. The number of hydrogen-bond donors (Lipinski definition) is 5. The largest absolute Gasteiger partial charge is 0.504 e. The Morgan fingerprint density at radius 3 is 2.05 bits per heavy atom. The third kappa shape index (κ3) is 4.09. The number of ether oxygens (including phenoxy) is 2. The van der Waals surface area contributed by atoms with Crippen LogP contribution in [0.1, 0.15) is 82.8 Å². The first-order valence-corrected chi connectivity index (χ1v) is 22.6. The van der Waals surface area contributed by atoms with Crippen LogP contribution in [-0.2, 0) is 47.7 Å². The van der Waals surface area contributed by atoms with Crippen LogP contribution < -0.4 is 9.47 Å². The Balaban J connectivity index is 0.000000120. The number of Topliss-reactive ketones (excluding diaryl/α,β-unsaturated/α-hetero) is 1. The number of H-pyrrole nitrogens is 1. The highest BCUT2D eigenvalue weighted by atomic mass is 16.5. The third-order valence-corrected chi connectivity index (χ3v) is 18.1. The zero-order valence-electron chi connectivity index (χ0n) is 34.4. The van der Waals surface area contributed by atoms with Gasteiger partial charge in [-0.25, -0.2) is 0 Å². The van der Waals surface area contributed by atoms with Crippen LogP contribution in [0.3, 0.4) is 0 Å². The first-order chi connectivity index (χ1) is 29.5. The number of phenols is 2. The number of likely N-dealkylation sites (tertiary alicyclic amines) is 2. The van der Waals surface area contributed by atoms with Crippen LogP contribution in [0.5, 0.6) is 23.0 Å². The molecule has 0 radical (unpaired) electrons. The van der Waals surface area contributed by atoms with Gasteiger partial charge in [-0.05, 0) is 130 Å². The third-order valence-electron chi connectivity index (χ3n) is 18.1. The quantitative estimate of drug-likeness (QED) is 0.152. The second-order valence-electron chi connectivity index (χ2n) is 20.7. The average molecular weight is 818 g/mol. The normalized spacial score (nSPS) is 36.0. The molecule has 1 aromatic heterocycles. The standard InChI is InChI=1S/C26H26N2O3.C25H25NO4/c29-19-8-7-15-11-20-26(30)12-17-16-3-1-2-4-18(16)27-22(17)24-25(26,21(15)23(19)31-24)9-10-28(20)13-14-5-6-14;1-26-9-8-24-19-14-6-7-17(27)20(19)30-22(24)21(28)23(13-25(24,29)18(26)10-14)11-15-4-2-3-5-16(15)12-23/h1-4,7-8,14,20,24,27,29-30H,5-6,9-13H2;2-7,18,22,27,29H,8-13H2,1H3/t20?,24-,25-,26+;18?,22-,24-,25+/m00/s1. The van der Waals surface area contributed by atoms with E-state index in [9.17, 15) is 25.2 Å². The number of likely N-dealkylation sites (N-methyl/N-ethyl adjacent to an activating group) is 1. The molecule has 10 aliphatic rings. The minimum absolute atomic E-state index is 0.0611. The minimum Gasteiger partial charge on any atom is -0.504 e. The average Bonchev–Trinajstić information content (AvgIpc) is 3.54. The molecule has 2 unspecified atom stereocenters. The van der Waals surface area contributed by atoms with Gasteiger partial charge in [0.2, 0.25) is 0 Å². The Kier molecular flexibility index (Phi) is 6.66. The summed E-state index contributed by atoms with van der Waals surface area (Å²) in [7, 11) is 2.08. The van der Waals surface area contributed by atoms with E-state index < -0.39 is 33.6 Å². The number of nitrogens with one attached hydrogen (secondary N) is 1. The molecule has 8 atom stereocenters. The van der Waals surface area contributed by atoms with Gasteiger partial charge in [0.25, 0.3) is 0 Å². The van der Waals surface area contributed by atoms with E-state index in [1.165, 1.54) is 40.5 Å². The maximum absolute atomic E-state index is 14.1. The van der Waals surface area contributed by atoms with Crippen molar-refractivity contribution in [1.82, 2.24) is 14.8 Å². The number of rotatable bonds is 2. The van der Waals surface area contributed by atoms with Crippen molar-refractivity contribution < 1.29 is 34.7 Å². The van der Waals surface area contributed by atoms with Crippen LogP contribution in [0, 0.1) is 11.3 Å². The lowest BCUT2D eigenvalue weighted by Gasteiger charge is -2.64. The fourth-order valence-corrected chi connectivity index (χ4v) is 15.4. The van der Waals surface area contributed by atoms with Crippen molar-refractivity contribution in [2.45, 2.75) is 111 Å². The summed E-state index contributed by atoms with van der Waals surface area (Å²) in [5.74, 6) is 2.20. The second-order valence-corrected chi connectivity index (χ2v) is 20.7. The van der Waals surface area contributed by atoms with Crippen molar-refractivity contribution in [1.29, 1.82) is 0 Å². The predicted octanol–water partition coefficient (Wildman–Crippen LogP) is 5.71. The van der Waals surface area contributed by atoms with E-state index in [4.69, 9.17) is 9.47 Å². The van der Waals surface area contributed by atoms with Gasteiger partial charge < -0.3 is 39.8 Å². The van der Waals surface area contributed by atoms with E-state index >= 15 is 0 Å². The first kappa shape index (κ1) is 35.7. The fraction of sp³-hybridized carbons (Fsp3) is 0.471. The lowest BCUT2D eigenvalue weighted by molar-refractivity contribution is -0.206. The highest BCUT2D eigenvalue weighted by Gasteiger charge is 2.77. The number of aromatic hydroxyl groups is 2. The molecule has 10 nitrogen and oxygen atoms in total. The zero-order chi connectivity index (χ0) is 41.0. The van der Waals surface area contributed by atoms with Crippen LogP contribution in [0.15, 0.2) is 72.8 Å². The van der Waals surface area contributed by atoms with E-state index in [-0.39, 0.29) is 35.5 Å². The Labute approximate surface area is 354 Å². The molecule has 4 aromatic carbocycles. The summed E-state index contributed by atoms with van der Waals surface area (Å²) in [6.45, 7) is 2.88. The molecule has 10 heteroatoms. The molecular formula is C51H51N3O7. The number of aliphatic hydroxyl groups is 2. The SMILES string of the molecule is CN1CC[C@]23c4c5ccc(O)c4O[C@H]2C(=O)C2(Cc4ccccc4C2)C[C@@]3(O)C1C5.Oc1ccc2c3c1O[C@H]1c4[nH]c5ccccc5c4C[C@@]4(O)C(C2)N(CC2CC2)CC[C@]314. The number of phenolic OH excluding ortho intramolecular Hbond substituents is 2. The van der Waals surface area contributed by atoms with E-state index in [1.54, 1.807) is 12.1 Å². The van der Waals surface area contributed by atoms with Crippen molar-refractivity contribution in [3.63, 3.8) is 0 Å². The smallest absolute Gasteiger partial charge is 0.181 e. The number of benzene rings is 4. The summed E-state index contributed by atoms with van der Waals surface area (Å²) in [5.41, 5.74) is 6.23. The molecule has 312 valence electrons. The van der Waals surface area contributed by atoms with E-state index in [2.05, 4.69) is 58.2 Å². The van der Waals surface area contributed by atoms with Gasteiger partial charge in [-0.2, -0.15) is 0 Å². The van der Waals surface area contributed by atoms with E-state index in [1.807, 2.05) is 24.3 Å². The van der Waals surface area contributed by atoms with Crippen molar-refractivity contribution in [2.24, 2.45) is 11.3 Å².